The first-order valence-corrected chi connectivity index (χ1v) is 12.8. The van der Waals surface area contributed by atoms with Crippen molar-refractivity contribution in [2.75, 3.05) is 74.8 Å². The number of rotatable bonds is 8. The number of amides is 2. The minimum Gasteiger partial charge on any atom is -0.791 e. The van der Waals surface area contributed by atoms with E-state index >= 15 is 0 Å². The van der Waals surface area contributed by atoms with Crippen molar-refractivity contribution in [2.45, 2.75) is 12.1 Å². The molecule has 0 heterocycles. The Bertz CT molecular complexity index is 306. The van der Waals surface area contributed by atoms with Crippen molar-refractivity contribution < 1.29 is 48.5 Å². The number of carbonyl (C=O) groups excluding carboxylic acids is 2. The number of nitrogens with two attached hydrogens (primary N) is 6. The van der Waals surface area contributed by atoms with Gasteiger partial charge in [0.2, 0.25) is 11.8 Å². The summed E-state index contributed by atoms with van der Waals surface area (Å²) in [6, 6.07) is -1.04. The summed E-state index contributed by atoms with van der Waals surface area (Å²) in [5.74, 6) is 2.89. The van der Waals surface area contributed by atoms with Crippen molar-refractivity contribution in [3.63, 3.8) is 0 Å². The largest absolute Gasteiger partial charge is 3.00 e. The van der Waals surface area contributed by atoms with Crippen LogP contribution in [0.15, 0.2) is 0 Å². The summed E-state index contributed by atoms with van der Waals surface area (Å²) in [5, 5.41) is 4.77. The summed E-state index contributed by atoms with van der Waals surface area (Å²) in [4.78, 5) is 20.9. The third kappa shape index (κ3) is 76.5. The number of nitrogens with one attached hydrogen (secondary N) is 2. The fraction of sp³-hybridized carbons (Fsp3) is 0.875. The van der Waals surface area contributed by atoms with Gasteiger partial charge in [0.1, 0.15) is 0 Å². The van der Waals surface area contributed by atoms with Crippen LogP contribution in [-0.4, -0.2) is 98.7 Å². The van der Waals surface area contributed by atoms with Gasteiger partial charge >= 0.3 is 39.0 Å². The van der Waals surface area contributed by atoms with E-state index in [-0.39, 0.29) is 62.3 Å². The minimum atomic E-state index is -0.519. The van der Waals surface area contributed by atoms with Gasteiger partial charge in [-0.2, -0.15) is 34.5 Å². The summed E-state index contributed by atoms with van der Waals surface area (Å²) in [7, 11) is 3.07. The molecule has 34 heavy (non-hydrogen) atoms. The maximum Gasteiger partial charge on any atom is 3.00 e. The van der Waals surface area contributed by atoms with Crippen LogP contribution in [0.4, 0.5) is 0 Å². The Balaban J connectivity index is -0.0000000407. The summed E-state index contributed by atoms with van der Waals surface area (Å²) < 4.78 is 0. The maximum absolute atomic E-state index is 10.4. The second-order valence-corrected chi connectivity index (χ2v) is 7.05. The molecule has 0 spiro atoms. The van der Waals surface area contributed by atoms with Crippen LogP contribution in [0, 0.1) is 0 Å². The minimum absolute atomic E-state index is 0. The standard InChI is InChI=1S/2C4H10N2OS.4C2H7NS.2Rh/c2*1-6-4(7)3(5)2-8;4*3-1-2-4;;/h2*3,8H,2,5H2,1H3,(H,6,7);4*4H,1-3H2;;/q;;;;;;2*+3/p-6/t2*3-;;;;;;/m00....../s1. The van der Waals surface area contributed by atoms with Crippen LogP contribution in [0.2, 0.25) is 0 Å². The molecule has 0 radical (unpaired) electrons. The molecule has 18 heteroatoms. The quantitative estimate of drug-likeness (QED) is 0.0859. The summed E-state index contributed by atoms with van der Waals surface area (Å²) in [6.45, 7) is 2.54. The van der Waals surface area contributed by atoms with Crippen LogP contribution in [0.3, 0.4) is 0 Å². The number of carbonyl (C=O) groups is 2. The van der Waals surface area contributed by atoms with Crippen molar-refractivity contribution >= 4 is 87.6 Å². The number of hydrogen-bond acceptors (Lipinski definition) is 14. The Morgan fingerprint density at radius 2 is 0.735 bits per heavy atom. The van der Waals surface area contributed by atoms with Crippen molar-refractivity contribution in [1.29, 1.82) is 0 Å². The van der Waals surface area contributed by atoms with Gasteiger partial charge in [-0.25, -0.2) is 0 Å². The normalized spacial score (nSPS) is 9.59. The van der Waals surface area contributed by atoms with Gasteiger partial charge in [0.15, 0.2) is 0 Å². The molecule has 0 bridgehead atoms. The third-order valence-electron chi connectivity index (χ3n) is 2.00. The molecule has 0 aromatic heterocycles. The first-order chi connectivity index (χ1) is 15.1. The molecule has 0 saturated carbocycles. The van der Waals surface area contributed by atoms with E-state index in [4.69, 9.17) is 34.4 Å². The predicted octanol–water partition coefficient (Wildman–Crippen LogP) is -4.82. The fourth-order valence-corrected chi connectivity index (χ4v) is 0.825. The van der Waals surface area contributed by atoms with E-state index in [0.29, 0.717) is 49.2 Å². The molecule has 0 aliphatic carbocycles. The summed E-state index contributed by atoms with van der Waals surface area (Å²) in [5.41, 5.74) is 30.1. The zero-order valence-corrected chi connectivity index (χ0v) is 27.8. The topological polar surface area (TPSA) is 214 Å². The molecular weight excluding hydrogens is 734 g/mol. The van der Waals surface area contributed by atoms with Gasteiger partial charge in [0.05, 0.1) is 12.1 Å². The Hall–Kier alpha value is 2.05. The Kier molecular flexibility index (Phi) is 99.1. The monoisotopic (exact) mass is 776 g/mol. The van der Waals surface area contributed by atoms with Crippen molar-refractivity contribution in [2.24, 2.45) is 34.4 Å². The Morgan fingerprint density at radius 3 is 0.765 bits per heavy atom. The van der Waals surface area contributed by atoms with Gasteiger partial charge < -0.3 is 121 Å². The van der Waals surface area contributed by atoms with E-state index in [2.05, 4.69) is 86.4 Å². The van der Waals surface area contributed by atoms with Crippen LogP contribution in [0.1, 0.15) is 0 Å². The smallest absolute Gasteiger partial charge is 0.791 e. The molecule has 0 aliphatic rings. The second kappa shape index (κ2) is 59.9. The molecule has 212 valence electrons. The van der Waals surface area contributed by atoms with E-state index < -0.39 is 12.1 Å². The van der Waals surface area contributed by atoms with Crippen molar-refractivity contribution in [1.82, 2.24) is 10.6 Å². The van der Waals surface area contributed by atoms with Crippen LogP contribution in [0.25, 0.3) is 0 Å². The maximum atomic E-state index is 10.4. The predicted molar refractivity (Wildman–Crippen MR) is 154 cm³/mol. The first kappa shape index (κ1) is 56.3. The van der Waals surface area contributed by atoms with Gasteiger partial charge in [-0.3, -0.25) is 9.59 Å². The van der Waals surface area contributed by atoms with Gasteiger partial charge in [-0.05, 0) is 26.2 Å². The average molecular weight is 777 g/mol. The van der Waals surface area contributed by atoms with Crippen LogP contribution in [-0.2, 0) is 124 Å². The molecule has 0 fully saturated rings. The van der Waals surface area contributed by atoms with Crippen LogP contribution >= 0.6 is 0 Å². The van der Waals surface area contributed by atoms with E-state index in [0.717, 1.165) is 0 Å². The molecule has 10 nitrogen and oxygen atoms in total. The van der Waals surface area contributed by atoms with Gasteiger partial charge in [-0.1, -0.05) is 0 Å². The fourth-order valence-electron chi connectivity index (χ4n) is 0.522. The SMILES string of the molecule is CNC(=O)[C@@H](N)C[S-].CNC(=O)[C@@H](N)C[S-].NCC[S-].NCC[S-].NCC[S-].NCC[S-].[Rh+3].[Rh+3]. The molecule has 0 aliphatic heterocycles. The Morgan fingerprint density at radius 1 is 0.588 bits per heavy atom. The van der Waals surface area contributed by atoms with E-state index in [1.807, 2.05) is 0 Å². The number of hydrogen-bond donors (Lipinski definition) is 8. The van der Waals surface area contributed by atoms with Crippen molar-refractivity contribution in [3.05, 3.63) is 0 Å². The molecule has 2 atom stereocenters. The van der Waals surface area contributed by atoms with Gasteiger partial charge in [0.25, 0.3) is 0 Å². The van der Waals surface area contributed by atoms with Crippen LogP contribution < -0.4 is 45.0 Å². The molecular formula is C16H42N8O2Rh2S6. The average Bonchev–Trinajstić information content (AvgIpc) is 2.87. The second-order valence-electron chi connectivity index (χ2n) is 4.75. The van der Waals surface area contributed by atoms with E-state index in [1.54, 1.807) is 0 Å². The van der Waals surface area contributed by atoms with Gasteiger partial charge in [0, 0.05) is 14.1 Å². The number of likely N-dealkylation sites (N-methyl/N-ethyl adjacent to an activating group) is 2. The van der Waals surface area contributed by atoms with Crippen LogP contribution in [0.5, 0.6) is 0 Å². The third-order valence-corrected chi connectivity index (χ3v) is 3.66. The molecule has 0 saturated heterocycles. The molecule has 0 rings (SSSR count). The van der Waals surface area contributed by atoms with Gasteiger partial charge in [-0.15, -0.1) is 0 Å². The summed E-state index contributed by atoms with van der Waals surface area (Å²) >= 11 is 26.8. The van der Waals surface area contributed by atoms with E-state index in [1.165, 1.54) is 14.1 Å². The zero-order chi connectivity index (χ0) is 26.8. The zero-order valence-electron chi connectivity index (χ0n) is 19.6. The molecule has 14 N–H and O–H groups in total. The molecule has 0 aromatic rings. The van der Waals surface area contributed by atoms with E-state index in [9.17, 15) is 9.59 Å². The first-order valence-electron chi connectivity index (χ1n) is 9.33. The Labute approximate surface area is 265 Å². The molecule has 2 amide bonds. The molecule has 0 unspecified atom stereocenters. The van der Waals surface area contributed by atoms with Crippen molar-refractivity contribution in [3.8, 4) is 0 Å². The summed E-state index contributed by atoms with van der Waals surface area (Å²) in [6.07, 6.45) is 0. The molecule has 0 aromatic carbocycles.